The van der Waals surface area contributed by atoms with Gasteiger partial charge in [-0.2, -0.15) is 0 Å². The number of carbonyl (C=O) groups excluding carboxylic acids is 4. The standard InChI is InChI=1S/C37H35N5O7/c43-33(19-30-3-1-15-41(30)36(45)26-13-17-47-22-26)39-28-9-5-24(6-10-28)32-21-38-35(49-32)25-7-11-29(12-8-25)40-34(44)20-31-4-2-16-42(31)37(46)27-14-18-48-23-27/h5-14,17-18,21-23,30-31H,1-4,15-16,19-20H2,(H,39,43)(H,40,44)/t30-,31-/m0/s1. The van der Waals surface area contributed by atoms with E-state index in [1.165, 1.54) is 25.1 Å². The summed E-state index contributed by atoms with van der Waals surface area (Å²) in [6.45, 7) is 1.24. The molecule has 0 bridgehead atoms. The number of nitrogens with one attached hydrogen (secondary N) is 2. The van der Waals surface area contributed by atoms with Crippen molar-refractivity contribution in [3.8, 4) is 22.8 Å². The van der Waals surface area contributed by atoms with E-state index in [-0.39, 0.29) is 48.6 Å². The van der Waals surface area contributed by atoms with E-state index in [4.69, 9.17) is 13.3 Å². The Morgan fingerprint density at radius 1 is 0.673 bits per heavy atom. The maximum absolute atomic E-state index is 12.8. The van der Waals surface area contributed by atoms with Crippen molar-refractivity contribution in [1.29, 1.82) is 0 Å². The molecule has 5 heterocycles. The summed E-state index contributed by atoms with van der Waals surface area (Å²) in [6.07, 6.45) is 11.1. The second-order valence-corrected chi connectivity index (χ2v) is 12.3. The van der Waals surface area contributed by atoms with Gasteiger partial charge in [-0.05, 0) is 86.3 Å². The fourth-order valence-electron chi connectivity index (χ4n) is 6.54. The third-order valence-corrected chi connectivity index (χ3v) is 9.03. The lowest BCUT2D eigenvalue weighted by Gasteiger charge is -2.23. The van der Waals surface area contributed by atoms with Crippen LogP contribution in [0.4, 0.5) is 11.4 Å². The molecule has 250 valence electrons. The van der Waals surface area contributed by atoms with E-state index in [2.05, 4.69) is 15.6 Å². The van der Waals surface area contributed by atoms with E-state index >= 15 is 0 Å². The van der Waals surface area contributed by atoms with Crippen molar-refractivity contribution in [1.82, 2.24) is 14.8 Å². The number of hydrogen-bond acceptors (Lipinski definition) is 8. The van der Waals surface area contributed by atoms with Crippen molar-refractivity contribution in [3.05, 3.63) is 103 Å². The lowest BCUT2D eigenvalue weighted by molar-refractivity contribution is -0.117. The number of carbonyl (C=O) groups is 4. The second kappa shape index (κ2) is 14.1. The molecule has 2 N–H and O–H groups in total. The van der Waals surface area contributed by atoms with Crippen LogP contribution in [0.5, 0.6) is 0 Å². The number of furan rings is 2. The predicted octanol–water partition coefficient (Wildman–Crippen LogP) is 6.46. The van der Waals surface area contributed by atoms with Crippen molar-refractivity contribution in [2.45, 2.75) is 50.6 Å². The molecule has 7 rings (SSSR count). The molecule has 0 unspecified atom stereocenters. The summed E-state index contributed by atoms with van der Waals surface area (Å²) in [6, 6.07) is 17.5. The molecule has 0 radical (unpaired) electrons. The van der Waals surface area contributed by atoms with E-state index in [9.17, 15) is 19.2 Å². The summed E-state index contributed by atoms with van der Waals surface area (Å²) in [5.74, 6) is 0.430. The molecule has 5 aromatic rings. The average molecular weight is 662 g/mol. The maximum atomic E-state index is 12.8. The van der Waals surface area contributed by atoms with Crippen molar-refractivity contribution in [3.63, 3.8) is 0 Å². The maximum Gasteiger partial charge on any atom is 0.257 e. The molecule has 2 atom stereocenters. The van der Waals surface area contributed by atoms with Crippen molar-refractivity contribution < 1.29 is 32.4 Å². The fourth-order valence-corrected chi connectivity index (χ4v) is 6.54. The summed E-state index contributed by atoms with van der Waals surface area (Å²) in [7, 11) is 0. The Labute approximate surface area is 282 Å². The van der Waals surface area contributed by atoms with Gasteiger partial charge < -0.3 is 33.7 Å². The van der Waals surface area contributed by atoms with Crippen LogP contribution in [0, 0.1) is 0 Å². The zero-order chi connectivity index (χ0) is 33.7. The van der Waals surface area contributed by atoms with Crippen molar-refractivity contribution in [2.75, 3.05) is 23.7 Å². The smallest absolute Gasteiger partial charge is 0.257 e. The first-order valence-corrected chi connectivity index (χ1v) is 16.3. The van der Waals surface area contributed by atoms with Gasteiger partial charge in [0.05, 0.1) is 29.9 Å². The van der Waals surface area contributed by atoms with E-state index in [1.54, 1.807) is 52.4 Å². The summed E-state index contributed by atoms with van der Waals surface area (Å²) in [4.78, 5) is 59.2. The molecule has 12 heteroatoms. The Kier molecular flexibility index (Phi) is 9.09. The van der Waals surface area contributed by atoms with Gasteiger partial charge in [-0.1, -0.05) is 0 Å². The molecule has 2 fully saturated rings. The highest BCUT2D eigenvalue weighted by Gasteiger charge is 2.32. The van der Waals surface area contributed by atoms with E-state index in [1.807, 2.05) is 24.3 Å². The zero-order valence-corrected chi connectivity index (χ0v) is 26.7. The first-order chi connectivity index (χ1) is 23.9. The van der Waals surface area contributed by atoms with Crippen LogP contribution < -0.4 is 10.6 Å². The van der Waals surface area contributed by atoms with Crippen LogP contribution in [0.2, 0.25) is 0 Å². The molecule has 2 aromatic carbocycles. The van der Waals surface area contributed by atoms with E-state index in [0.717, 1.165) is 36.8 Å². The number of anilines is 2. The van der Waals surface area contributed by atoms with Crippen LogP contribution in [0.1, 0.15) is 59.2 Å². The number of benzene rings is 2. The molecule has 0 spiro atoms. The lowest BCUT2D eigenvalue weighted by atomic mass is 10.1. The molecule has 2 aliphatic heterocycles. The minimum Gasteiger partial charge on any atom is -0.472 e. The highest BCUT2D eigenvalue weighted by molar-refractivity contribution is 5.96. The number of nitrogens with zero attached hydrogens (tertiary/aromatic N) is 3. The van der Waals surface area contributed by atoms with Crippen LogP contribution in [0.15, 0.2) is 105 Å². The quantitative estimate of drug-likeness (QED) is 0.173. The fraction of sp³-hybridized carbons (Fsp3) is 0.270. The van der Waals surface area contributed by atoms with E-state index in [0.29, 0.717) is 47.2 Å². The van der Waals surface area contributed by atoms with Gasteiger partial charge in [-0.3, -0.25) is 19.2 Å². The van der Waals surface area contributed by atoms with Gasteiger partial charge in [0.2, 0.25) is 17.7 Å². The summed E-state index contributed by atoms with van der Waals surface area (Å²) >= 11 is 0. The van der Waals surface area contributed by atoms with Crippen molar-refractivity contribution >= 4 is 35.0 Å². The number of aromatic nitrogens is 1. The Hall–Kier alpha value is -5.91. The molecular formula is C37H35N5O7. The normalized spacial score (nSPS) is 17.3. The lowest BCUT2D eigenvalue weighted by Crippen LogP contribution is -2.37. The third kappa shape index (κ3) is 7.18. The minimum atomic E-state index is -0.163. The van der Waals surface area contributed by atoms with Crippen LogP contribution in [0.3, 0.4) is 0 Å². The Morgan fingerprint density at radius 3 is 1.63 bits per heavy atom. The monoisotopic (exact) mass is 661 g/mol. The van der Waals surface area contributed by atoms with Gasteiger partial charge >= 0.3 is 0 Å². The Morgan fingerprint density at radius 2 is 1.16 bits per heavy atom. The predicted molar refractivity (Wildman–Crippen MR) is 179 cm³/mol. The molecule has 2 saturated heterocycles. The number of amides is 4. The molecular weight excluding hydrogens is 626 g/mol. The van der Waals surface area contributed by atoms with Gasteiger partial charge in [-0.15, -0.1) is 0 Å². The molecule has 2 aliphatic rings. The number of oxazole rings is 1. The molecule has 49 heavy (non-hydrogen) atoms. The average Bonchev–Trinajstić information content (AvgIpc) is 3.95. The first kappa shape index (κ1) is 31.7. The van der Waals surface area contributed by atoms with Gasteiger partial charge in [0.1, 0.15) is 12.5 Å². The third-order valence-electron chi connectivity index (χ3n) is 9.03. The van der Waals surface area contributed by atoms with Gasteiger partial charge in [0, 0.05) is 60.5 Å². The van der Waals surface area contributed by atoms with Crippen LogP contribution in [-0.4, -0.2) is 63.6 Å². The highest BCUT2D eigenvalue weighted by Crippen LogP contribution is 2.29. The SMILES string of the molecule is O=C(C[C@@H]1CCCN1C(=O)c1ccoc1)Nc1ccc(-c2cnc(-c3ccc(NC(=O)C[C@@H]4CCCN4C(=O)c4ccoc4)cc3)o2)cc1. The molecule has 3 aromatic heterocycles. The summed E-state index contributed by atoms with van der Waals surface area (Å²) in [5.41, 5.74) is 3.79. The van der Waals surface area contributed by atoms with Crippen LogP contribution in [-0.2, 0) is 9.59 Å². The number of likely N-dealkylation sites (tertiary alicyclic amines) is 2. The largest absolute Gasteiger partial charge is 0.472 e. The van der Waals surface area contributed by atoms with Gasteiger partial charge in [-0.25, -0.2) is 4.98 Å². The Bertz CT molecular complexity index is 1780. The summed E-state index contributed by atoms with van der Waals surface area (Å²) < 4.78 is 16.1. The first-order valence-electron chi connectivity index (χ1n) is 16.3. The Balaban J connectivity index is 0.908. The summed E-state index contributed by atoms with van der Waals surface area (Å²) in [5, 5.41) is 5.86. The number of hydrogen-bond donors (Lipinski definition) is 2. The second-order valence-electron chi connectivity index (χ2n) is 12.3. The molecule has 0 aliphatic carbocycles. The number of rotatable bonds is 10. The topological polar surface area (TPSA) is 151 Å². The van der Waals surface area contributed by atoms with Gasteiger partial charge in [0.25, 0.3) is 11.8 Å². The molecule has 12 nitrogen and oxygen atoms in total. The van der Waals surface area contributed by atoms with Crippen LogP contribution >= 0.6 is 0 Å². The van der Waals surface area contributed by atoms with E-state index < -0.39 is 0 Å². The van der Waals surface area contributed by atoms with Crippen molar-refractivity contribution in [2.24, 2.45) is 0 Å². The highest BCUT2D eigenvalue weighted by atomic mass is 16.4. The van der Waals surface area contributed by atoms with Gasteiger partial charge in [0.15, 0.2) is 5.76 Å². The molecule has 4 amide bonds. The molecule has 0 saturated carbocycles. The minimum absolute atomic E-state index is 0.119. The zero-order valence-electron chi connectivity index (χ0n) is 26.7. The van der Waals surface area contributed by atoms with Crippen LogP contribution in [0.25, 0.3) is 22.8 Å².